The first-order chi connectivity index (χ1) is 13.3. The molecule has 0 radical (unpaired) electrons. The number of hydrogen-bond acceptors (Lipinski definition) is 5. The molecular weight excluding hydrogens is 338 g/mol. The highest BCUT2D eigenvalue weighted by atomic mass is 16.2. The largest absolute Gasteiger partial charge is 0.383 e. The molecule has 138 valence electrons. The summed E-state index contributed by atoms with van der Waals surface area (Å²) in [5.41, 5.74) is 1.91. The van der Waals surface area contributed by atoms with Gasteiger partial charge in [-0.1, -0.05) is 24.3 Å². The summed E-state index contributed by atoms with van der Waals surface area (Å²) in [6.45, 7) is 3.73. The van der Waals surface area contributed by atoms with Crippen LogP contribution in [0.4, 0.5) is 11.5 Å². The van der Waals surface area contributed by atoms with E-state index in [0.717, 1.165) is 48.6 Å². The Labute approximate surface area is 158 Å². The molecule has 1 amide bonds. The van der Waals surface area contributed by atoms with Crippen LogP contribution >= 0.6 is 0 Å². The highest BCUT2D eigenvalue weighted by Crippen LogP contribution is 2.20. The van der Waals surface area contributed by atoms with Gasteiger partial charge in [0.25, 0.3) is 0 Å². The molecule has 27 heavy (non-hydrogen) atoms. The number of hydrogen-bond donors (Lipinski definition) is 1. The summed E-state index contributed by atoms with van der Waals surface area (Å²) in [6.07, 6.45) is 4.08. The summed E-state index contributed by atoms with van der Waals surface area (Å²) in [4.78, 5) is 25.5. The first-order valence-electron chi connectivity index (χ1n) is 9.33. The average Bonchev–Trinajstić information content (AvgIpc) is 2.74. The Morgan fingerprint density at radius 1 is 0.926 bits per heavy atom. The number of benzene rings is 1. The second kappa shape index (κ2) is 8.03. The third-order valence-electron chi connectivity index (χ3n) is 4.89. The summed E-state index contributed by atoms with van der Waals surface area (Å²) < 4.78 is 0. The van der Waals surface area contributed by atoms with Crippen molar-refractivity contribution in [1.82, 2.24) is 14.9 Å². The minimum absolute atomic E-state index is 0.191. The van der Waals surface area contributed by atoms with Crippen molar-refractivity contribution in [3.63, 3.8) is 0 Å². The van der Waals surface area contributed by atoms with Gasteiger partial charge < -0.3 is 15.1 Å². The minimum Gasteiger partial charge on any atom is -0.383 e. The van der Waals surface area contributed by atoms with Gasteiger partial charge >= 0.3 is 0 Å². The van der Waals surface area contributed by atoms with Crippen molar-refractivity contribution in [2.75, 3.05) is 42.9 Å². The molecule has 1 saturated heterocycles. The van der Waals surface area contributed by atoms with Crippen LogP contribution in [0.15, 0.2) is 60.9 Å². The normalized spacial score (nSPS) is 14.4. The van der Waals surface area contributed by atoms with Gasteiger partial charge in [0.05, 0.1) is 11.2 Å². The standard InChI is InChI=1S/C21H23N5O/c27-20(26-15-13-25(14-16-26)19-8-1-2-10-23-19)9-12-22-18-7-3-5-17-6-4-11-24-21(17)18/h1-8,10-11,22H,9,12-16H2. The maximum absolute atomic E-state index is 12.5. The lowest BCUT2D eigenvalue weighted by molar-refractivity contribution is -0.131. The van der Waals surface area contributed by atoms with E-state index >= 15 is 0 Å². The van der Waals surface area contributed by atoms with E-state index in [1.54, 1.807) is 12.4 Å². The molecule has 6 heteroatoms. The van der Waals surface area contributed by atoms with Gasteiger partial charge in [0, 0.05) is 56.9 Å². The van der Waals surface area contributed by atoms with Crippen LogP contribution in [-0.2, 0) is 4.79 Å². The van der Waals surface area contributed by atoms with Crippen molar-refractivity contribution in [2.45, 2.75) is 6.42 Å². The number of amides is 1. The van der Waals surface area contributed by atoms with Crippen molar-refractivity contribution in [3.8, 4) is 0 Å². The van der Waals surface area contributed by atoms with Gasteiger partial charge in [0.2, 0.25) is 5.91 Å². The van der Waals surface area contributed by atoms with Crippen LogP contribution in [0.3, 0.4) is 0 Å². The molecular formula is C21H23N5O. The second-order valence-corrected chi connectivity index (χ2v) is 6.61. The van der Waals surface area contributed by atoms with E-state index in [4.69, 9.17) is 0 Å². The van der Waals surface area contributed by atoms with Crippen molar-refractivity contribution < 1.29 is 4.79 Å². The van der Waals surface area contributed by atoms with Crippen LogP contribution in [0.25, 0.3) is 10.9 Å². The van der Waals surface area contributed by atoms with E-state index < -0.39 is 0 Å². The Morgan fingerprint density at radius 3 is 2.56 bits per heavy atom. The van der Waals surface area contributed by atoms with Crippen molar-refractivity contribution in [2.24, 2.45) is 0 Å². The first-order valence-corrected chi connectivity index (χ1v) is 9.33. The number of para-hydroxylation sites is 1. The molecule has 1 aliphatic rings. The highest BCUT2D eigenvalue weighted by Gasteiger charge is 2.21. The molecule has 1 fully saturated rings. The summed E-state index contributed by atoms with van der Waals surface area (Å²) in [6, 6.07) is 15.9. The summed E-state index contributed by atoms with van der Waals surface area (Å²) in [5, 5.41) is 4.46. The molecule has 1 aliphatic heterocycles. The number of rotatable bonds is 5. The SMILES string of the molecule is O=C(CCNc1cccc2cccnc12)N1CCN(c2ccccn2)CC1. The predicted molar refractivity (Wildman–Crippen MR) is 108 cm³/mol. The zero-order valence-corrected chi connectivity index (χ0v) is 15.2. The van der Waals surface area contributed by atoms with Gasteiger partial charge in [-0.2, -0.15) is 0 Å². The summed E-state index contributed by atoms with van der Waals surface area (Å²) in [7, 11) is 0. The van der Waals surface area contributed by atoms with Crippen LogP contribution in [0, 0.1) is 0 Å². The molecule has 6 nitrogen and oxygen atoms in total. The monoisotopic (exact) mass is 361 g/mol. The van der Waals surface area contributed by atoms with Crippen LogP contribution in [0.5, 0.6) is 0 Å². The molecule has 3 aromatic rings. The number of pyridine rings is 2. The highest BCUT2D eigenvalue weighted by molar-refractivity contribution is 5.90. The predicted octanol–water partition coefficient (Wildman–Crippen LogP) is 2.78. The molecule has 0 atom stereocenters. The first kappa shape index (κ1) is 17.3. The second-order valence-electron chi connectivity index (χ2n) is 6.61. The van der Waals surface area contributed by atoms with Crippen LogP contribution in [0.2, 0.25) is 0 Å². The topological polar surface area (TPSA) is 61.4 Å². The molecule has 0 unspecified atom stereocenters. The summed E-state index contributed by atoms with van der Waals surface area (Å²) >= 11 is 0. The third kappa shape index (κ3) is 4.00. The molecule has 4 rings (SSSR count). The molecule has 0 bridgehead atoms. The van der Waals surface area contributed by atoms with Gasteiger partial charge in [-0.25, -0.2) is 4.98 Å². The maximum atomic E-state index is 12.5. The molecule has 1 aromatic carbocycles. The van der Waals surface area contributed by atoms with Gasteiger partial charge in [0.1, 0.15) is 5.82 Å². The van der Waals surface area contributed by atoms with E-state index in [9.17, 15) is 4.79 Å². The number of nitrogens with one attached hydrogen (secondary N) is 1. The van der Waals surface area contributed by atoms with Gasteiger partial charge in [-0.15, -0.1) is 0 Å². The molecule has 0 aliphatic carbocycles. The fourth-order valence-corrected chi connectivity index (χ4v) is 3.43. The van der Waals surface area contributed by atoms with E-state index in [0.29, 0.717) is 13.0 Å². The lowest BCUT2D eigenvalue weighted by Gasteiger charge is -2.35. The Hall–Kier alpha value is -3.15. The molecule has 1 N–H and O–H groups in total. The van der Waals surface area contributed by atoms with Crippen LogP contribution in [-0.4, -0.2) is 53.5 Å². The molecule has 2 aromatic heterocycles. The minimum atomic E-state index is 0.191. The third-order valence-corrected chi connectivity index (χ3v) is 4.89. The van der Waals surface area contributed by atoms with E-state index in [1.807, 2.05) is 53.4 Å². The van der Waals surface area contributed by atoms with E-state index in [-0.39, 0.29) is 5.91 Å². The smallest absolute Gasteiger partial charge is 0.224 e. The van der Waals surface area contributed by atoms with Crippen molar-refractivity contribution >= 4 is 28.3 Å². The average molecular weight is 361 g/mol. The zero-order valence-electron chi connectivity index (χ0n) is 15.2. The van der Waals surface area contributed by atoms with Crippen LogP contribution < -0.4 is 10.2 Å². The Kier molecular flexibility index (Phi) is 5.14. The summed E-state index contributed by atoms with van der Waals surface area (Å²) in [5.74, 6) is 1.17. The lowest BCUT2D eigenvalue weighted by atomic mass is 10.2. The quantitative estimate of drug-likeness (QED) is 0.757. The Morgan fingerprint density at radius 2 is 1.74 bits per heavy atom. The number of carbonyl (C=O) groups is 1. The van der Waals surface area contributed by atoms with Crippen molar-refractivity contribution in [3.05, 3.63) is 60.9 Å². The van der Waals surface area contributed by atoms with Crippen LogP contribution in [0.1, 0.15) is 6.42 Å². The van der Waals surface area contributed by atoms with E-state index in [1.165, 1.54) is 0 Å². The van der Waals surface area contributed by atoms with Gasteiger partial charge in [-0.3, -0.25) is 9.78 Å². The molecule has 0 spiro atoms. The zero-order chi connectivity index (χ0) is 18.5. The lowest BCUT2D eigenvalue weighted by Crippen LogP contribution is -2.49. The number of aromatic nitrogens is 2. The van der Waals surface area contributed by atoms with Gasteiger partial charge in [-0.05, 0) is 24.3 Å². The number of nitrogens with zero attached hydrogens (tertiary/aromatic N) is 4. The Bertz CT molecular complexity index is 901. The molecule has 0 saturated carbocycles. The van der Waals surface area contributed by atoms with Gasteiger partial charge in [0.15, 0.2) is 0 Å². The number of carbonyl (C=O) groups excluding carboxylic acids is 1. The number of piperazine rings is 1. The fourth-order valence-electron chi connectivity index (χ4n) is 3.43. The van der Waals surface area contributed by atoms with E-state index in [2.05, 4.69) is 20.2 Å². The fraction of sp³-hybridized carbons (Fsp3) is 0.286. The number of anilines is 2. The number of fused-ring (bicyclic) bond motifs is 1. The Balaban J connectivity index is 1.28. The van der Waals surface area contributed by atoms with Crippen molar-refractivity contribution in [1.29, 1.82) is 0 Å². The molecule has 3 heterocycles. The maximum Gasteiger partial charge on any atom is 0.224 e.